The molecule has 0 radical (unpaired) electrons. The summed E-state index contributed by atoms with van der Waals surface area (Å²) in [5.41, 5.74) is 0.591. The summed E-state index contributed by atoms with van der Waals surface area (Å²) in [4.78, 5) is 11.8. The standard InChI is InChI=1S/C13H13IN2O3/c14-10-3-1-2-9(8-10)13(19)15-6-7-16-11(17)4-5-12(16)18/h1-5,8,17-18H,6-7H2,(H,15,19). The molecule has 1 heterocycles. The summed E-state index contributed by atoms with van der Waals surface area (Å²) < 4.78 is 2.31. The minimum atomic E-state index is -0.176. The van der Waals surface area contributed by atoms with Gasteiger partial charge in [-0.2, -0.15) is 0 Å². The second kappa shape index (κ2) is 5.96. The van der Waals surface area contributed by atoms with Crippen molar-refractivity contribution in [2.75, 3.05) is 6.54 Å². The zero-order valence-corrected chi connectivity index (χ0v) is 12.2. The maximum Gasteiger partial charge on any atom is 0.251 e. The first kappa shape index (κ1) is 13.7. The van der Waals surface area contributed by atoms with E-state index in [4.69, 9.17) is 0 Å². The summed E-state index contributed by atoms with van der Waals surface area (Å²) in [6.07, 6.45) is 0. The molecule has 100 valence electrons. The highest BCUT2D eigenvalue weighted by molar-refractivity contribution is 14.1. The molecule has 0 fully saturated rings. The van der Waals surface area contributed by atoms with Crippen molar-refractivity contribution < 1.29 is 15.0 Å². The number of hydrogen-bond donors (Lipinski definition) is 3. The van der Waals surface area contributed by atoms with Gasteiger partial charge in [-0.1, -0.05) is 6.07 Å². The lowest BCUT2D eigenvalue weighted by atomic mass is 10.2. The van der Waals surface area contributed by atoms with Gasteiger partial charge in [-0.15, -0.1) is 0 Å². The number of amides is 1. The molecule has 2 rings (SSSR count). The second-order valence-corrected chi connectivity index (χ2v) is 5.21. The fraction of sp³-hybridized carbons (Fsp3) is 0.154. The molecule has 1 amide bonds. The molecule has 0 saturated heterocycles. The molecule has 5 nitrogen and oxygen atoms in total. The molecule has 1 aromatic carbocycles. The van der Waals surface area contributed by atoms with Crippen LogP contribution in [0.2, 0.25) is 0 Å². The Hall–Kier alpha value is -1.70. The van der Waals surface area contributed by atoms with E-state index in [1.54, 1.807) is 12.1 Å². The molecule has 0 aliphatic heterocycles. The molecular formula is C13H13IN2O3. The van der Waals surface area contributed by atoms with Gasteiger partial charge in [0.25, 0.3) is 5.91 Å². The van der Waals surface area contributed by atoms with E-state index < -0.39 is 0 Å². The number of carbonyl (C=O) groups is 1. The molecular weight excluding hydrogens is 359 g/mol. The average Bonchev–Trinajstić information content (AvgIpc) is 2.70. The Bertz CT molecular complexity index is 576. The normalized spacial score (nSPS) is 10.4. The number of aromatic nitrogens is 1. The van der Waals surface area contributed by atoms with Gasteiger partial charge in [-0.25, -0.2) is 0 Å². The lowest BCUT2D eigenvalue weighted by Crippen LogP contribution is -2.27. The zero-order valence-electron chi connectivity index (χ0n) is 10.0. The van der Waals surface area contributed by atoms with Crippen LogP contribution in [0.5, 0.6) is 11.8 Å². The number of nitrogens with one attached hydrogen (secondary N) is 1. The summed E-state index contributed by atoms with van der Waals surface area (Å²) in [5, 5.41) is 21.6. The fourth-order valence-electron chi connectivity index (χ4n) is 1.69. The third kappa shape index (κ3) is 3.40. The Kier molecular flexibility index (Phi) is 4.31. The topological polar surface area (TPSA) is 74.5 Å². The van der Waals surface area contributed by atoms with Crippen LogP contribution in [-0.4, -0.2) is 27.2 Å². The van der Waals surface area contributed by atoms with E-state index in [1.165, 1.54) is 16.7 Å². The summed E-state index contributed by atoms with van der Waals surface area (Å²) in [6, 6.07) is 10.1. The zero-order chi connectivity index (χ0) is 13.8. The van der Waals surface area contributed by atoms with Crippen LogP contribution < -0.4 is 5.32 Å². The average molecular weight is 372 g/mol. The highest BCUT2D eigenvalue weighted by atomic mass is 127. The van der Waals surface area contributed by atoms with Crippen LogP contribution in [0.1, 0.15) is 10.4 Å². The van der Waals surface area contributed by atoms with Crippen LogP contribution in [0.25, 0.3) is 0 Å². The highest BCUT2D eigenvalue weighted by Gasteiger charge is 2.07. The molecule has 6 heteroatoms. The molecule has 1 aromatic heterocycles. The van der Waals surface area contributed by atoms with Crippen molar-refractivity contribution in [3.63, 3.8) is 0 Å². The predicted molar refractivity (Wildman–Crippen MR) is 79.3 cm³/mol. The molecule has 0 bridgehead atoms. The Morgan fingerprint density at radius 1 is 1.21 bits per heavy atom. The van der Waals surface area contributed by atoms with Crippen LogP contribution in [0.3, 0.4) is 0 Å². The van der Waals surface area contributed by atoms with Crippen molar-refractivity contribution in [2.24, 2.45) is 0 Å². The van der Waals surface area contributed by atoms with Crippen molar-refractivity contribution in [2.45, 2.75) is 6.54 Å². The van der Waals surface area contributed by atoms with Gasteiger partial charge in [-0.3, -0.25) is 9.36 Å². The minimum Gasteiger partial charge on any atom is -0.494 e. The van der Waals surface area contributed by atoms with E-state index in [-0.39, 0.29) is 17.7 Å². The minimum absolute atomic E-state index is 0.0268. The summed E-state index contributed by atoms with van der Waals surface area (Å²) in [6.45, 7) is 0.625. The number of aromatic hydroxyl groups is 2. The third-order valence-electron chi connectivity index (χ3n) is 2.64. The predicted octanol–water partition coefficient (Wildman–Crippen LogP) is 1.93. The number of rotatable bonds is 4. The van der Waals surface area contributed by atoms with Crippen molar-refractivity contribution in [1.82, 2.24) is 9.88 Å². The second-order valence-electron chi connectivity index (χ2n) is 3.97. The first-order chi connectivity index (χ1) is 9.08. The lowest BCUT2D eigenvalue weighted by molar-refractivity contribution is 0.0951. The monoisotopic (exact) mass is 372 g/mol. The van der Waals surface area contributed by atoms with Gasteiger partial charge in [-0.05, 0) is 40.8 Å². The van der Waals surface area contributed by atoms with Gasteiger partial charge in [0, 0.05) is 34.4 Å². The first-order valence-corrected chi connectivity index (χ1v) is 6.77. The maximum absolute atomic E-state index is 11.8. The van der Waals surface area contributed by atoms with E-state index in [1.807, 2.05) is 12.1 Å². The summed E-state index contributed by atoms with van der Waals surface area (Å²) in [5.74, 6) is -0.230. The molecule has 0 aliphatic carbocycles. The Morgan fingerprint density at radius 3 is 2.53 bits per heavy atom. The molecule has 0 unspecified atom stereocenters. The highest BCUT2D eigenvalue weighted by Crippen LogP contribution is 2.19. The number of nitrogens with zero attached hydrogens (tertiary/aromatic N) is 1. The number of hydrogen-bond acceptors (Lipinski definition) is 3. The van der Waals surface area contributed by atoms with E-state index in [0.29, 0.717) is 18.7 Å². The van der Waals surface area contributed by atoms with Crippen molar-refractivity contribution >= 4 is 28.5 Å². The Labute approximate surface area is 124 Å². The first-order valence-electron chi connectivity index (χ1n) is 5.69. The molecule has 0 spiro atoms. The van der Waals surface area contributed by atoms with E-state index >= 15 is 0 Å². The van der Waals surface area contributed by atoms with E-state index in [9.17, 15) is 15.0 Å². The fourth-order valence-corrected chi connectivity index (χ4v) is 2.23. The smallest absolute Gasteiger partial charge is 0.251 e. The molecule has 19 heavy (non-hydrogen) atoms. The molecule has 3 N–H and O–H groups in total. The van der Waals surface area contributed by atoms with Crippen molar-refractivity contribution in [3.05, 3.63) is 45.5 Å². The molecule has 0 saturated carbocycles. The summed E-state index contributed by atoms with van der Waals surface area (Å²) >= 11 is 2.14. The molecule has 0 aliphatic rings. The van der Waals surface area contributed by atoms with Crippen LogP contribution in [0.15, 0.2) is 36.4 Å². The maximum atomic E-state index is 11.8. The number of carbonyl (C=O) groups excluding carboxylic acids is 1. The quantitative estimate of drug-likeness (QED) is 0.719. The van der Waals surface area contributed by atoms with Gasteiger partial charge in [0.1, 0.15) is 0 Å². The van der Waals surface area contributed by atoms with Crippen LogP contribution in [0, 0.1) is 3.57 Å². The van der Waals surface area contributed by atoms with Crippen LogP contribution >= 0.6 is 22.6 Å². The van der Waals surface area contributed by atoms with Crippen LogP contribution in [-0.2, 0) is 6.54 Å². The Morgan fingerprint density at radius 2 is 1.89 bits per heavy atom. The third-order valence-corrected chi connectivity index (χ3v) is 3.31. The van der Waals surface area contributed by atoms with Gasteiger partial charge < -0.3 is 15.5 Å². The number of halogens is 1. The van der Waals surface area contributed by atoms with Gasteiger partial charge in [0.05, 0.1) is 0 Å². The molecule has 2 aromatic rings. The summed E-state index contributed by atoms with van der Waals surface area (Å²) in [7, 11) is 0. The van der Waals surface area contributed by atoms with E-state index in [2.05, 4.69) is 27.9 Å². The van der Waals surface area contributed by atoms with Gasteiger partial charge in [0.2, 0.25) is 0 Å². The largest absolute Gasteiger partial charge is 0.494 e. The molecule has 0 atom stereocenters. The van der Waals surface area contributed by atoms with Gasteiger partial charge in [0.15, 0.2) is 11.8 Å². The van der Waals surface area contributed by atoms with Crippen molar-refractivity contribution in [3.8, 4) is 11.8 Å². The van der Waals surface area contributed by atoms with Crippen molar-refractivity contribution in [1.29, 1.82) is 0 Å². The number of benzene rings is 1. The van der Waals surface area contributed by atoms with E-state index in [0.717, 1.165) is 3.57 Å². The lowest BCUT2D eigenvalue weighted by Gasteiger charge is -2.08. The van der Waals surface area contributed by atoms with Gasteiger partial charge >= 0.3 is 0 Å². The Balaban J connectivity index is 1.91. The SMILES string of the molecule is O=C(NCCn1c(O)ccc1O)c1cccc(I)c1. The van der Waals surface area contributed by atoms with Crippen LogP contribution in [0.4, 0.5) is 0 Å².